The van der Waals surface area contributed by atoms with Crippen LogP contribution in [0.25, 0.3) is 0 Å². The van der Waals surface area contributed by atoms with Gasteiger partial charge < -0.3 is 5.11 Å². The maximum atomic E-state index is 11.5. The van der Waals surface area contributed by atoms with Crippen LogP contribution >= 0.6 is 11.6 Å². The maximum absolute atomic E-state index is 11.5. The smallest absolute Gasteiger partial charge is 0.151 e. The van der Waals surface area contributed by atoms with Crippen LogP contribution in [0.5, 0.6) is 5.75 Å². The fraction of sp³-hybridized carbons (Fsp3) is 0.538. The third-order valence-electron chi connectivity index (χ3n) is 3.83. The highest BCUT2D eigenvalue weighted by Gasteiger charge is 2.33. The van der Waals surface area contributed by atoms with Gasteiger partial charge in [-0.2, -0.15) is 0 Å². The first-order valence-corrected chi connectivity index (χ1v) is 8.41. The van der Waals surface area contributed by atoms with E-state index in [1.165, 1.54) is 0 Å². The normalized spacial score (nSPS) is 23.7. The number of nitrogens with zero attached hydrogens (tertiary/aromatic N) is 1. The summed E-state index contributed by atoms with van der Waals surface area (Å²) in [6.07, 6.45) is 0.643. The van der Waals surface area contributed by atoms with Gasteiger partial charge in [-0.05, 0) is 38.6 Å². The summed E-state index contributed by atoms with van der Waals surface area (Å²) in [5.41, 5.74) is 0.722. The first-order chi connectivity index (χ1) is 8.80. The molecule has 0 aliphatic carbocycles. The third-order valence-corrected chi connectivity index (χ3v) is 5.82. The monoisotopic (exact) mass is 303 g/mol. The van der Waals surface area contributed by atoms with Gasteiger partial charge in [0, 0.05) is 22.7 Å². The molecular weight excluding hydrogens is 286 g/mol. The van der Waals surface area contributed by atoms with Crippen molar-refractivity contribution in [2.75, 3.05) is 18.6 Å². The van der Waals surface area contributed by atoms with E-state index in [1.54, 1.807) is 18.2 Å². The highest BCUT2D eigenvalue weighted by atomic mass is 35.5. The second-order valence-corrected chi connectivity index (χ2v) is 7.77. The summed E-state index contributed by atoms with van der Waals surface area (Å²) in [5, 5.41) is 10.5. The minimum atomic E-state index is -2.90. The Morgan fingerprint density at radius 3 is 2.74 bits per heavy atom. The summed E-state index contributed by atoms with van der Waals surface area (Å²) < 4.78 is 23.1. The lowest BCUT2D eigenvalue weighted by molar-refractivity contribution is 0.198. The zero-order valence-corrected chi connectivity index (χ0v) is 12.6. The number of benzene rings is 1. The Hall–Kier alpha value is -0.780. The van der Waals surface area contributed by atoms with Crippen LogP contribution < -0.4 is 0 Å². The molecule has 6 heteroatoms. The van der Waals surface area contributed by atoms with E-state index in [1.807, 2.05) is 18.9 Å². The first-order valence-electron chi connectivity index (χ1n) is 6.21. The van der Waals surface area contributed by atoms with Gasteiger partial charge >= 0.3 is 0 Å². The molecule has 0 aromatic heterocycles. The van der Waals surface area contributed by atoms with E-state index >= 15 is 0 Å². The molecule has 1 saturated heterocycles. The standard InChI is InChI=1S/C13H18ClNO3S/c1-9(12-7-10(14)3-4-13(12)16)15(2)11-5-6-19(17,18)8-11/h3-4,7,9,11,16H,5-6,8H2,1-2H3. The summed E-state index contributed by atoms with van der Waals surface area (Å²) in [4.78, 5) is 2.00. The van der Waals surface area contributed by atoms with Crippen molar-refractivity contribution in [1.82, 2.24) is 4.90 Å². The molecule has 1 aromatic carbocycles. The maximum Gasteiger partial charge on any atom is 0.151 e. The van der Waals surface area contributed by atoms with Gasteiger partial charge in [-0.15, -0.1) is 0 Å². The molecule has 0 bridgehead atoms. The topological polar surface area (TPSA) is 57.6 Å². The minimum Gasteiger partial charge on any atom is -0.508 e. The van der Waals surface area contributed by atoms with Crippen LogP contribution in [0.2, 0.25) is 5.02 Å². The Bertz CT molecular complexity index is 573. The predicted octanol–water partition coefficient (Wildman–Crippen LogP) is 2.23. The van der Waals surface area contributed by atoms with Crippen LogP contribution in [0.1, 0.15) is 24.9 Å². The van der Waals surface area contributed by atoms with Crippen LogP contribution in [0.4, 0.5) is 0 Å². The van der Waals surface area contributed by atoms with E-state index in [0.717, 1.165) is 5.56 Å². The highest BCUT2D eigenvalue weighted by Crippen LogP contribution is 2.32. The van der Waals surface area contributed by atoms with Gasteiger partial charge in [-0.25, -0.2) is 8.42 Å². The van der Waals surface area contributed by atoms with Crippen molar-refractivity contribution in [3.8, 4) is 5.75 Å². The largest absolute Gasteiger partial charge is 0.508 e. The molecule has 4 nitrogen and oxygen atoms in total. The van der Waals surface area contributed by atoms with Gasteiger partial charge in [-0.1, -0.05) is 11.6 Å². The molecule has 0 radical (unpaired) electrons. The van der Waals surface area contributed by atoms with E-state index in [2.05, 4.69) is 0 Å². The van der Waals surface area contributed by atoms with Crippen LogP contribution in [0, 0.1) is 0 Å². The first kappa shape index (κ1) is 14.6. The van der Waals surface area contributed by atoms with Gasteiger partial charge in [-0.3, -0.25) is 4.90 Å². The number of phenolic OH excluding ortho intramolecular Hbond substituents is 1. The molecule has 2 atom stereocenters. The molecule has 2 unspecified atom stereocenters. The number of aromatic hydroxyl groups is 1. The lowest BCUT2D eigenvalue weighted by atomic mass is 10.0. The van der Waals surface area contributed by atoms with Crippen molar-refractivity contribution in [1.29, 1.82) is 0 Å². The predicted molar refractivity (Wildman–Crippen MR) is 76.4 cm³/mol. The van der Waals surface area contributed by atoms with Gasteiger partial charge in [0.15, 0.2) is 9.84 Å². The molecule has 1 aliphatic heterocycles. The second kappa shape index (κ2) is 5.31. The van der Waals surface area contributed by atoms with Crippen molar-refractivity contribution in [3.05, 3.63) is 28.8 Å². The molecule has 1 aliphatic rings. The van der Waals surface area contributed by atoms with Crippen molar-refractivity contribution in [2.24, 2.45) is 0 Å². The van der Waals surface area contributed by atoms with Crippen LogP contribution in [0.15, 0.2) is 18.2 Å². The summed E-state index contributed by atoms with van der Waals surface area (Å²) in [6.45, 7) is 1.94. The minimum absolute atomic E-state index is 0.00150. The van der Waals surface area contributed by atoms with Gasteiger partial charge in [0.25, 0.3) is 0 Å². The molecule has 1 heterocycles. The Balaban J connectivity index is 2.19. The summed E-state index contributed by atoms with van der Waals surface area (Å²) in [5.74, 6) is 0.621. The van der Waals surface area contributed by atoms with Crippen molar-refractivity contribution < 1.29 is 13.5 Å². The van der Waals surface area contributed by atoms with E-state index < -0.39 is 9.84 Å². The van der Waals surface area contributed by atoms with Gasteiger partial charge in [0.05, 0.1) is 11.5 Å². The third kappa shape index (κ3) is 3.22. The molecule has 2 rings (SSSR count). The summed E-state index contributed by atoms with van der Waals surface area (Å²) in [7, 11) is -1.02. The number of hydrogen-bond acceptors (Lipinski definition) is 4. The van der Waals surface area contributed by atoms with E-state index in [9.17, 15) is 13.5 Å². The fourth-order valence-electron chi connectivity index (χ4n) is 2.49. The molecule has 0 amide bonds. The molecule has 0 spiro atoms. The fourth-order valence-corrected chi connectivity index (χ4v) is 4.46. The zero-order chi connectivity index (χ0) is 14.2. The average molecular weight is 304 g/mol. The van der Waals surface area contributed by atoms with Crippen molar-refractivity contribution in [2.45, 2.75) is 25.4 Å². The number of rotatable bonds is 3. The average Bonchev–Trinajstić information content (AvgIpc) is 2.71. The van der Waals surface area contributed by atoms with Gasteiger partial charge in [0.1, 0.15) is 5.75 Å². The van der Waals surface area contributed by atoms with Crippen molar-refractivity contribution in [3.63, 3.8) is 0 Å². The summed E-state index contributed by atoms with van der Waals surface area (Å²) >= 11 is 5.95. The molecule has 1 fully saturated rings. The van der Waals surface area contributed by atoms with Crippen LogP contribution in [-0.4, -0.2) is 43.0 Å². The van der Waals surface area contributed by atoms with E-state index in [0.29, 0.717) is 11.4 Å². The highest BCUT2D eigenvalue weighted by molar-refractivity contribution is 7.91. The van der Waals surface area contributed by atoms with E-state index in [-0.39, 0.29) is 29.3 Å². The molecule has 1 N–H and O–H groups in total. The Kier molecular flexibility index (Phi) is 4.08. The Morgan fingerprint density at radius 2 is 2.16 bits per heavy atom. The summed E-state index contributed by atoms with van der Waals surface area (Å²) in [6, 6.07) is 4.83. The van der Waals surface area contributed by atoms with Crippen LogP contribution in [0.3, 0.4) is 0 Å². The second-order valence-electron chi connectivity index (χ2n) is 5.10. The molecular formula is C13H18ClNO3S. The van der Waals surface area contributed by atoms with Gasteiger partial charge in [0.2, 0.25) is 0 Å². The number of phenols is 1. The SMILES string of the molecule is CC(c1cc(Cl)ccc1O)N(C)C1CCS(=O)(=O)C1. The lowest BCUT2D eigenvalue weighted by Crippen LogP contribution is -2.34. The number of halogens is 1. The molecule has 0 saturated carbocycles. The Labute approximate surface area is 118 Å². The molecule has 106 valence electrons. The molecule has 19 heavy (non-hydrogen) atoms. The van der Waals surface area contributed by atoms with Crippen molar-refractivity contribution >= 4 is 21.4 Å². The zero-order valence-electron chi connectivity index (χ0n) is 11.0. The number of hydrogen-bond donors (Lipinski definition) is 1. The van der Waals surface area contributed by atoms with E-state index in [4.69, 9.17) is 11.6 Å². The number of sulfone groups is 1. The van der Waals surface area contributed by atoms with Crippen LogP contribution in [-0.2, 0) is 9.84 Å². The lowest BCUT2D eigenvalue weighted by Gasteiger charge is -2.30. The quantitative estimate of drug-likeness (QED) is 0.930. The Morgan fingerprint density at radius 1 is 1.47 bits per heavy atom. The molecule has 1 aromatic rings.